The molecule has 0 unspecified atom stereocenters. The molecule has 0 spiro atoms. The van der Waals surface area contributed by atoms with E-state index in [2.05, 4.69) is 5.32 Å². The minimum absolute atomic E-state index is 0.00345. The molecule has 6 nitrogen and oxygen atoms in total. The molecule has 0 aromatic heterocycles. The van der Waals surface area contributed by atoms with Crippen molar-refractivity contribution in [3.8, 4) is 5.75 Å². The van der Waals surface area contributed by atoms with Crippen LogP contribution < -0.4 is 10.1 Å². The molecular formula is C25H33NO5. The number of rotatable bonds is 8. The number of benzene rings is 1. The molecule has 5 rings (SSSR count). The fourth-order valence-corrected chi connectivity index (χ4v) is 6.27. The number of hydrogen-bond acceptors (Lipinski definition) is 5. The van der Waals surface area contributed by atoms with Gasteiger partial charge in [0, 0.05) is 11.0 Å². The molecule has 4 saturated carbocycles. The van der Waals surface area contributed by atoms with Gasteiger partial charge in [-0.05, 0) is 86.5 Å². The third-order valence-electron chi connectivity index (χ3n) is 7.48. The molecule has 4 fully saturated rings. The van der Waals surface area contributed by atoms with Crippen LogP contribution in [0, 0.1) is 29.1 Å². The zero-order valence-electron chi connectivity index (χ0n) is 18.7. The van der Waals surface area contributed by atoms with Crippen molar-refractivity contribution >= 4 is 17.7 Å². The van der Waals surface area contributed by atoms with Gasteiger partial charge in [0.1, 0.15) is 11.8 Å². The zero-order valence-corrected chi connectivity index (χ0v) is 18.7. The van der Waals surface area contributed by atoms with Crippen molar-refractivity contribution in [2.24, 2.45) is 29.1 Å². The maximum atomic E-state index is 13.3. The van der Waals surface area contributed by atoms with Gasteiger partial charge in [0.15, 0.2) is 12.4 Å². The summed E-state index contributed by atoms with van der Waals surface area (Å²) in [5, 5.41) is 3.01. The number of ether oxygens (including phenoxy) is 2. The second-order valence-corrected chi connectivity index (χ2v) is 10.2. The summed E-state index contributed by atoms with van der Waals surface area (Å²) in [4.78, 5) is 38.5. The Morgan fingerprint density at radius 2 is 1.55 bits per heavy atom. The maximum absolute atomic E-state index is 13.3. The van der Waals surface area contributed by atoms with Crippen molar-refractivity contribution in [3.63, 3.8) is 0 Å². The average molecular weight is 428 g/mol. The number of methoxy groups -OCH3 is 1. The lowest BCUT2D eigenvalue weighted by Crippen LogP contribution is -2.57. The minimum atomic E-state index is -0.746. The lowest BCUT2D eigenvalue weighted by Gasteiger charge is -2.55. The summed E-state index contributed by atoms with van der Waals surface area (Å²) in [5.74, 6) is 1.67. The van der Waals surface area contributed by atoms with Crippen LogP contribution in [0.15, 0.2) is 24.3 Å². The number of hydrogen-bond donors (Lipinski definition) is 1. The summed E-state index contributed by atoms with van der Waals surface area (Å²) < 4.78 is 10.4. The topological polar surface area (TPSA) is 81.7 Å². The van der Waals surface area contributed by atoms with Crippen molar-refractivity contribution in [2.75, 3.05) is 13.7 Å². The molecule has 0 saturated heterocycles. The Balaban J connectivity index is 1.36. The molecule has 31 heavy (non-hydrogen) atoms. The molecule has 6 heteroatoms. The Hall–Kier alpha value is -2.37. The van der Waals surface area contributed by atoms with E-state index in [1.165, 1.54) is 19.3 Å². The normalized spacial score (nSPS) is 29.5. The monoisotopic (exact) mass is 427 g/mol. The van der Waals surface area contributed by atoms with Crippen molar-refractivity contribution in [3.05, 3.63) is 29.8 Å². The summed E-state index contributed by atoms with van der Waals surface area (Å²) in [6.07, 6.45) is 6.61. The van der Waals surface area contributed by atoms with Crippen LogP contribution in [0.5, 0.6) is 5.75 Å². The molecule has 4 aliphatic carbocycles. The number of Topliss-reactive ketones (excluding diaryl/α,β-unsaturated/α-hetero) is 1. The molecule has 1 N–H and O–H groups in total. The van der Waals surface area contributed by atoms with Gasteiger partial charge < -0.3 is 14.8 Å². The summed E-state index contributed by atoms with van der Waals surface area (Å²) in [6, 6.07) is 5.92. The van der Waals surface area contributed by atoms with E-state index in [4.69, 9.17) is 9.47 Å². The summed E-state index contributed by atoms with van der Waals surface area (Å²) >= 11 is 0. The summed E-state index contributed by atoms with van der Waals surface area (Å²) in [6.45, 7) is 3.43. The first-order valence-corrected chi connectivity index (χ1v) is 11.4. The molecule has 0 radical (unpaired) electrons. The van der Waals surface area contributed by atoms with Gasteiger partial charge in [-0.25, -0.2) is 4.79 Å². The summed E-state index contributed by atoms with van der Waals surface area (Å²) in [7, 11) is 1.56. The van der Waals surface area contributed by atoms with Gasteiger partial charge in [0.25, 0.3) is 0 Å². The van der Waals surface area contributed by atoms with Crippen LogP contribution in [0.4, 0.5) is 0 Å². The van der Waals surface area contributed by atoms with Gasteiger partial charge in [-0.2, -0.15) is 0 Å². The summed E-state index contributed by atoms with van der Waals surface area (Å²) in [5.41, 5.74) is 0.133. The van der Waals surface area contributed by atoms with E-state index in [9.17, 15) is 14.4 Å². The highest BCUT2D eigenvalue weighted by molar-refractivity contribution is 5.98. The van der Waals surface area contributed by atoms with Crippen molar-refractivity contribution in [1.82, 2.24) is 5.32 Å². The van der Waals surface area contributed by atoms with Crippen LogP contribution in [0.1, 0.15) is 62.7 Å². The molecule has 1 aromatic rings. The predicted molar refractivity (Wildman–Crippen MR) is 116 cm³/mol. The first kappa shape index (κ1) is 21.8. The van der Waals surface area contributed by atoms with Crippen molar-refractivity contribution < 1.29 is 23.9 Å². The Bertz CT molecular complexity index is 809. The van der Waals surface area contributed by atoms with E-state index in [0.29, 0.717) is 29.1 Å². The second-order valence-electron chi connectivity index (χ2n) is 10.2. The van der Waals surface area contributed by atoms with Gasteiger partial charge in [0.05, 0.1) is 7.11 Å². The molecule has 4 aliphatic rings. The number of carbonyl (C=O) groups is 3. The van der Waals surface area contributed by atoms with Gasteiger partial charge in [-0.15, -0.1) is 0 Å². The maximum Gasteiger partial charge on any atom is 0.329 e. The van der Waals surface area contributed by atoms with E-state index in [0.717, 1.165) is 19.3 Å². The predicted octanol–water partition coefficient (Wildman–Crippen LogP) is 3.78. The number of ketones is 1. The molecule has 0 heterocycles. The molecule has 0 aliphatic heterocycles. The van der Waals surface area contributed by atoms with Crippen LogP contribution in [0.2, 0.25) is 0 Å². The second kappa shape index (κ2) is 8.64. The number of amides is 1. The van der Waals surface area contributed by atoms with Crippen LogP contribution in [-0.4, -0.2) is 37.4 Å². The average Bonchev–Trinajstić information content (AvgIpc) is 2.74. The van der Waals surface area contributed by atoms with E-state index >= 15 is 0 Å². The van der Waals surface area contributed by atoms with Crippen LogP contribution in [0.3, 0.4) is 0 Å². The van der Waals surface area contributed by atoms with Crippen molar-refractivity contribution in [2.45, 2.75) is 58.4 Å². The molecular weight excluding hydrogens is 394 g/mol. The third-order valence-corrected chi connectivity index (χ3v) is 7.48. The lowest BCUT2D eigenvalue weighted by atomic mass is 9.49. The number of esters is 1. The van der Waals surface area contributed by atoms with E-state index in [1.54, 1.807) is 31.4 Å². The third kappa shape index (κ3) is 4.48. The minimum Gasteiger partial charge on any atom is -0.497 e. The van der Waals surface area contributed by atoms with Gasteiger partial charge >= 0.3 is 5.97 Å². The standard InChI is InChI=1S/C25H33NO5/c1-15(2)22(23(28)31-14-21(27)19-4-6-20(30-3)7-5-19)26-24(29)25-11-16-8-17(12-25)10-18(9-16)13-25/h4-7,15-18,22H,8-14H2,1-3H3,(H,26,29)/t16?,17?,18?,22-,25?/m0/s1. The Kier molecular flexibility index (Phi) is 6.09. The van der Waals surface area contributed by atoms with E-state index in [1.807, 2.05) is 13.8 Å². The molecule has 1 amide bonds. The molecule has 1 aromatic carbocycles. The first-order chi connectivity index (χ1) is 14.8. The largest absolute Gasteiger partial charge is 0.497 e. The Labute approximate surface area is 184 Å². The van der Waals surface area contributed by atoms with Crippen LogP contribution in [-0.2, 0) is 14.3 Å². The Morgan fingerprint density at radius 3 is 2.03 bits per heavy atom. The van der Waals surface area contributed by atoms with Crippen LogP contribution >= 0.6 is 0 Å². The van der Waals surface area contributed by atoms with Gasteiger partial charge in [-0.1, -0.05) is 13.8 Å². The molecule has 168 valence electrons. The zero-order chi connectivity index (χ0) is 22.2. The first-order valence-electron chi connectivity index (χ1n) is 11.4. The Morgan fingerprint density at radius 1 is 1.00 bits per heavy atom. The number of carbonyl (C=O) groups excluding carboxylic acids is 3. The lowest BCUT2D eigenvalue weighted by molar-refractivity contribution is -0.154. The highest BCUT2D eigenvalue weighted by atomic mass is 16.5. The number of nitrogens with one attached hydrogen (secondary N) is 1. The highest BCUT2D eigenvalue weighted by Crippen LogP contribution is 2.60. The van der Waals surface area contributed by atoms with Crippen LogP contribution in [0.25, 0.3) is 0 Å². The SMILES string of the molecule is COc1ccc(C(=O)COC(=O)[C@@H](NC(=O)C23CC4CC(CC(C4)C2)C3)C(C)C)cc1. The molecule has 1 atom stereocenters. The molecule has 4 bridgehead atoms. The highest BCUT2D eigenvalue weighted by Gasteiger charge is 2.55. The fourth-order valence-electron chi connectivity index (χ4n) is 6.27. The van der Waals surface area contributed by atoms with E-state index < -0.39 is 12.0 Å². The quantitative estimate of drug-likeness (QED) is 0.504. The van der Waals surface area contributed by atoms with Crippen molar-refractivity contribution in [1.29, 1.82) is 0 Å². The van der Waals surface area contributed by atoms with Gasteiger partial charge in [-0.3, -0.25) is 9.59 Å². The smallest absolute Gasteiger partial charge is 0.329 e. The fraction of sp³-hybridized carbons (Fsp3) is 0.640. The van der Waals surface area contributed by atoms with Gasteiger partial charge in [0.2, 0.25) is 5.91 Å². The van der Waals surface area contributed by atoms with E-state index in [-0.39, 0.29) is 29.6 Å².